The van der Waals surface area contributed by atoms with Crippen LogP contribution < -0.4 is 0 Å². The van der Waals surface area contributed by atoms with E-state index in [1.807, 2.05) is 0 Å². The third-order valence-electron chi connectivity index (χ3n) is 1.18. The van der Waals surface area contributed by atoms with Crippen molar-refractivity contribution in [1.82, 2.24) is 0 Å². The molecular weight excluding hydrogens is 176 g/mol. The number of hydrogen-bond acceptors (Lipinski definition) is 1. The van der Waals surface area contributed by atoms with Gasteiger partial charge in [-0.2, -0.15) is 0 Å². The zero-order valence-electron chi connectivity index (χ0n) is 3.89. The molecule has 0 aromatic heterocycles. The van der Waals surface area contributed by atoms with Gasteiger partial charge in [0, 0.05) is 27.1 Å². The molecule has 0 aliphatic carbocycles. The molecule has 1 saturated heterocycles. The van der Waals surface area contributed by atoms with E-state index < -0.39 is 10.8 Å². The molecule has 0 aromatic rings. The second kappa shape index (κ2) is 2.27. The molecule has 1 rings (SSSR count). The van der Waals surface area contributed by atoms with Gasteiger partial charge in [-0.1, -0.05) is 15.9 Å². The maximum Gasteiger partial charge on any atom is 0.0453 e. The molecule has 0 spiro atoms. The van der Waals surface area contributed by atoms with Crippen LogP contribution in [0.3, 0.4) is 0 Å². The molecule has 0 N–H and O–H groups in total. The first-order valence-corrected chi connectivity index (χ1v) is 4.78. The van der Waals surface area contributed by atoms with Crippen molar-refractivity contribution in [1.29, 1.82) is 0 Å². The van der Waals surface area contributed by atoms with E-state index in [-0.39, 0.29) is 0 Å². The first kappa shape index (κ1) is 5.76. The fourth-order valence-electron chi connectivity index (χ4n) is 0.528. The second-order valence-corrected chi connectivity index (χ2v) is 4.13. The summed E-state index contributed by atoms with van der Waals surface area (Å²) in [5.74, 6) is 0.927. The van der Waals surface area contributed by atoms with Crippen molar-refractivity contribution in [3.8, 4) is 0 Å². The predicted octanol–water partition coefficient (Wildman–Crippen LogP) is 0.902. The van der Waals surface area contributed by atoms with E-state index in [0.29, 0.717) is 5.25 Å². The van der Waals surface area contributed by atoms with Crippen molar-refractivity contribution in [3.63, 3.8) is 0 Å². The van der Waals surface area contributed by atoms with Crippen LogP contribution in [0.5, 0.6) is 0 Å². The Morgan fingerprint density at radius 2 is 2.57 bits per heavy atom. The van der Waals surface area contributed by atoms with Crippen LogP contribution >= 0.6 is 15.9 Å². The third kappa shape index (κ3) is 1.05. The molecule has 0 saturated carbocycles. The standard InChI is InChI=1S/C4H7BrOS/c5-3-4-1-2-7(4)6/h4H,1-3H2. The van der Waals surface area contributed by atoms with Crippen molar-refractivity contribution in [2.45, 2.75) is 11.7 Å². The van der Waals surface area contributed by atoms with E-state index in [9.17, 15) is 4.21 Å². The van der Waals surface area contributed by atoms with Gasteiger partial charge in [-0.05, 0) is 6.42 Å². The summed E-state index contributed by atoms with van der Waals surface area (Å²) in [6, 6.07) is 0. The lowest BCUT2D eigenvalue weighted by molar-refractivity contribution is 0.651. The van der Waals surface area contributed by atoms with Crippen molar-refractivity contribution in [3.05, 3.63) is 0 Å². The molecule has 3 heteroatoms. The minimum Gasteiger partial charge on any atom is -0.259 e. The highest BCUT2D eigenvalue weighted by Crippen LogP contribution is 2.17. The lowest BCUT2D eigenvalue weighted by Crippen LogP contribution is -2.31. The number of halogens is 1. The number of rotatable bonds is 1. The zero-order valence-corrected chi connectivity index (χ0v) is 6.30. The molecule has 1 heterocycles. The second-order valence-electron chi connectivity index (χ2n) is 1.65. The predicted molar refractivity (Wildman–Crippen MR) is 35.2 cm³/mol. The molecule has 0 aromatic carbocycles. The molecule has 1 fully saturated rings. The molecule has 2 atom stereocenters. The highest BCUT2D eigenvalue weighted by Gasteiger charge is 2.24. The SMILES string of the molecule is O=S1CCC1CBr. The van der Waals surface area contributed by atoms with Gasteiger partial charge in [-0.3, -0.25) is 4.21 Å². The van der Waals surface area contributed by atoms with E-state index >= 15 is 0 Å². The van der Waals surface area contributed by atoms with E-state index in [1.54, 1.807) is 0 Å². The summed E-state index contributed by atoms with van der Waals surface area (Å²) in [5, 5.41) is 1.39. The minimum atomic E-state index is -0.477. The quantitative estimate of drug-likeness (QED) is 0.552. The lowest BCUT2D eigenvalue weighted by Gasteiger charge is -2.21. The van der Waals surface area contributed by atoms with Gasteiger partial charge in [0.15, 0.2) is 0 Å². The van der Waals surface area contributed by atoms with Crippen LogP contribution in [0.4, 0.5) is 0 Å². The van der Waals surface area contributed by atoms with Gasteiger partial charge < -0.3 is 0 Å². The normalized spacial score (nSPS) is 40.1. The summed E-state index contributed by atoms with van der Waals surface area (Å²) in [7, 11) is -0.477. The third-order valence-corrected chi connectivity index (χ3v) is 4.18. The Balaban J connectivity index is 2.29. The van der Waals surface area contributed by atoms with Crippen LogP contribution in [0.2, 0.25) is 0 Å². The molecule has 1 nitrogen and oxygen atoms in total. The Labute approximate surface area is 54.1 Å². The van der Waals surface area contributed by atoms with Crippen LogP contribution in [0.25, 0.3) is 0 Å². The Morgan fingerprint density at radius 1 is 1.86 bits per heavy atom. The molecule has 1 aliphatic heterocycles. The Kier molecular flexibility index (Phi) is 1.87. The molecule has 0 amide bonds. The summed E-state index contributed by atoms with van der Waals surface area (Å²) in [5.41, 5.74) is 0. The zero-order chi connectivity index (χ0) is 5.28. The van der Waals surface area contributed by atoms with E-state index in [0.717, 1.165) is 17.5 Å². The van der Waals surface area contributed by atoms with Crippen LogP contribution in [-0.2, 0) is 10.8 Å². The number of alkyl halides is 1. The van der Waals surface area contributed by atoms with Gasteiger partial charge in [-0.25, -0.2) is 0 Å². The summed E-state index contributed by atoms with van der Waals surface area (Å²) in [4.78, 5) is 0. The molecule has 0 bridgehead atoms. The topological polar surface area (TPSA) is 17.1 Å². The van der Waals surface area contributed by atoms with Crippen LogP contribution in [-0.4, -0.2) is 20.5 Å². The maximum absolute atomic E-state index is 10.5. The van der Waals surface area contributed by atoms with Crippen LogP contribution in [0.1, 0.15) is 6.42 Å². The smallest absolute Gasteiger partial charge is 0.0453 e. The largest absolute Gasteiger partial charge is 0.259 e. The highest BCUT2D eigenvalue weighted by molar-refractivity contribution is 9.09. The lowest BCUT2D eigenvalue weighted by atomic mass is 10.3. The van der Waals surface area contributed by atoms with Crippen molar-refractivity contribution in [2.75, 3.05) is 11.1 Å². The van der Waals surface area contributed by atoms with Gasteiger partial charge in [0.2, 0.25) is 0 Å². The van der Waals surface area contributed by atoms with Gasteiger partial charge >= 0.3 is 0 Å². The Hall–Kier alpha value is 0.630. The molecule has 2 unspecified atom stereocenters. The summed E-state index contributed by atoms with van der Waals surface area (Å²) in [6.07, 6.45) is 1.15. The highest BCUT2D eigenvalue weighted by atomic mass is 79.9. The first-order valence-electron chi connectivity index (χ1n) is 2.27. The first-order chi connectivity index (χ1) is 3.34. The Morgan fingerprint density at radius 3 is 2.57 bits per heavy atom. The van der Waals surface area contributed by atoms with E-state index in [2.05, 4.69) is 15.9 Å². The molecule has 42 valence electrons. The maximum atomic E-state index is 10.5. The van der Waals surface area contributed by atoms with Gasteiger partial charge in [0.1, 0.15) is 0 Å². The fourth-order valence-corrected chi connectivity index (χ4v) is 2.64. The molecule has 1 aliphatic rings. The van der Waals surface area contributed by atoms with Crippen molar-refractivity contribution in [2.24, 2.45) is 0 Å². The molecule has 7 heavy (non-hydrogen) atoms. The summed E-state index contributed by atoms with van der Waals surface area (Å²) >= 11 is 3.27. The van der Waals surface area contributed by atoms with Crippen molar-refractivity contribution < 1.29 is 4.21 Å². The van der Waals surface area contributed by atoms with Gasteiger partial charge in [0.25, 0.3) is 0 Å². The molecule has 0 radical (unpaired) electrons. The van der Waals surface area contributed by atoms with Gasteiger partial charge in [-0.15, -0.1) is 0 Å². The number of hydrogen-bond donors (Lipinski definition) is 0. The Bertz CT molecular complexity index is 91.7. The molecular formula is C4H7BrOS. The average Bonchev–Trinajstić information content (AvgIpc) is 1.65. The van der Waals surface area contributed by atoms with Crippen molar-refractivity contribution >= 4 is 26.7 Å². The monoisotopic (exact) mass is 182 g/mol. The summed E-state index contributed by atoms with van der Waals surface area (Å²) < 4.78 is 10.5. The average molecular weight is 183 g/mol. The van der Waals surface area contributed by atoms with E-state index in [1.165, 1.54) is 0 Å². The fraction of sp³-hybridized carbons (Fsp3) is 1.00. The van der Waals surface area contributed by atoms with Gasteiger partial charge in [0.05, 0.1) is 0 Å². The van der Waals surface area contributed by atoms with Crippen LogP contribution in [0, 0.1) is 0 Å². The van der Waals surface area contributed by atoms with Crippen LogP contribution in [0.15, 0.2) is 0 Å². The minimum absolute atomic E-state index is 0.472. The summed E-state index contributed by atoms with van der Waals surface area (Å²) in [6.45, 7) is 0. The van der Waals surface area contributed by atoms with E-state index in [4.69, 9.17) is 0 Å².